The van der Waals surface area contributed by atoms with Gasteiger partial charge in [-0.25, -0.2) is 15.3 Å². The van der Waals surface area contributed by atoms with Crippen molar-refractivity contribution >= 4 is 69.8 Å². The Kier molecular flexibility index (Phi) is 17.0. The molecule has 1 atom stereocenters. The van der Waals surface area contributed by atoms with Crippen LogP contribution in [0, 0.1) is 0 Å². The zero-order valence-electron chi connectivity index (χ0n) is 36.6. The number of benzene rings is 4. The van der Waals surface area contributed by atoms with Gasteiger partial charge in [-0.1, -0.05) is 103 Å². The Morgan fingerprint density at radius 2 is 1.57 bits per heavy atom. The summed E-state index contributed by atoms with van der Waals surface area (Å²) < 4.78 is 11.6. The minimum absolute atomic E-state index is 0.0195. The van der Waals surface area contributed by atoms with Crippen LogP contribution in [0.2, 0.25) is 0 Å². The molecule has 0 aliphatic carbocycles. The molecule has 4 aromatic rings. The first kappa shape index (κ1) is 48.9. The number of hydrogen-bond donors (Lipinski definition) is 5. The first-order chi connectivity index (χ1) is 31.3. The quantitative estimate of drug-likeness (QED) is 0.0118. The molecular weight excluding hydrogens is 871 g/mol. The second-order valence-electron chi connectivity index (χ2n) is 16.6. The van der Waals surface area contributed by atoms with Crippen molar-refractivity contribution in [1.82, 2.24) is 5.32 Å². The molecule has 14 nitrogen and oxygen atoms in total. The monoisotopic (exact) mass is 924 g/mol. The van der Waals surface area contributed by atoms with Gasteiger partial charge in [0.25, 0.3) is 0 Å². The SMILES string of the molecule is CC1(C)C(/C=C/C=C/C=C/C=C2/N(CCCC(=O)NC(CC(=O)O)C(=O)O)c3cc(-c4ccccc4)ccc3C2(C)C)=[N+](CCCCSOOO)c2ccc3cc(SOOO)ccc3c21. The summed E-state index contributed by atoms with van der Waals surface area (Å²) in [6, 6.07) is 25.3. The molecule has 0 aromatic heterocycles. The number of nitrogens with one attached hydrogen (secondary N) is 1. The van der Waals surface area contributed by atoms with Gasteiger partial charge >= 0.3 is 11.9 Å². The van der Waals surface area contributed by atoms with E-state index in [4.69, 9.17) is 15.6 Å². The maximum atomic E-state index is 12.8. The summed E-state index contributed by atoms with van der Waals surface area (Å²) in [5.74, 6) is -2.57. The molecule has 65 heavy (non-hydrogen) atoms. The van der Waals surface area contributed by atoms with E-state index < -0.39 is 30.3 Å². The summed E-state index contributed by atoms with van der Waals surface area (Å²) in [5, 5.41) is 47.7. The van der Waals surface area contributed by atoms with Gasteiger partial charge in [0, 0.05) is 76.6 Å². The number of nitrogens with zero attached hydrogens (tertiary/aromatic N) is 2. The van der Waals surface area contributed by atoms with Crippen molar-refractivity contribution in [2.75, 3.05) is 23.7 Å². The lowest BCUT2D eigenvalue weighted by Gasteiger charge is -2.27. The Morgan fingerprint density at radius 1 is 0.815 bits per heavy atom. The third kappa shape index (κ3) is 11.8. The molecule has 0 spiro atoms. The van der Waals surface area contributed by atoms with E-state index in [2.05, 4.69) is 122 Å². The van der Waals surface area contributed by atoms with E-state index in [0.29, 0.717) is 18.7 Å². The number of carbonyl (C=O) groups excluding carboxylic acids is 1. The van der Waals surface area contributed by atoms with E-state index in [1.165, 1.54) is 5.56 Å². The number of anilines is 1. The summed E-state index contributed by atoms with van der Waals surface area (Å²) in [7, 11) is 0. The number of carbonyl (C=O) groups is 3. The fourth-order valence-electron chi connectivity index (χ4n) is 8.67. The van der Waals surface area contributed by atoms with E-state index in [0.717, 1.165) is 98.6 Å². The van der Waals surface area contributed by atoms with Gasteiger partial charge in [-0.15, -0.1) is 8.67 Å². The fourth-order valence-corrected chi connectivity index (χ4v) is 9.51. The molecule has 16 heteroatoms. The van der Waals surface area contributed by atoms with Crippen LogP contribution in [0.4, 0.5) is 11.4 Å². The zero-order valence-corrected chi connectivity index (χ0v) is 38.3. The van der Waals surface area contributed by atoms with Gasteiger partial charge in [-0.05, 0) is 84.5 Å². The average Bonchev–Trinajstić information content (AvgIpc) is 3.63. The van der Waals surface area contributed by atoms with Crippen molar-refractivity contribution in [1.29, 1.82) is 0 Å². The Hall–Kier alpha value is -5.56. The fraction of sp³-hybridized carbons (Fsp3) is 0.306. The second-order valence-corrected chi connectivity index (χ2v) is 18.2. The van der Waals surface area contributed by atoms with E-state index in [-0.39, 0.29) is 17.3 Å². The lowest BCUT2D eigenvalue weighted by molar-refractivity contribution is -0.438. The standard InChI is InChI=1S/C49H53N3O11S2/c1-48(2)38-25-21-34(33-16-9-8-10-17-33)31-41(38)52(28-15-20-44(53)50-39(47(56)57)32-45(54)55)42(48)18-11-6-5-7-12-19-43-49(3,4)46-37-24-23-36(65-63-61-59)30-35(37)22-26-40(46)51(43)27-13-14-29-64-62-60-58/h5-12,16-19,21-26,30-31,39H,13-15,20,27-29,32H2,1-4H3,(H4-,50,53,54,55,56,57,58,59)/p+1. The molecule has 5 N–H and O–H groups in total. The first-order valence-corrected chi connectivity index (χ1v) is 22.8. The number of carboxylic acid groups (broad SMARTS) is 2. The van der Waals surface area contributed by atoms with Gasteiger partial charge < -0.3 is 20.4 Å². The van der Waals surface area contributed by atoms with Crippen LogP contribution in [-0.2, 0) is 44.0 Å². The molecule has 0 fully saturated rings. The van der Waals surface area contributed by atoms with Crippen LogP contribution in [0.5, 0.6) is 0 Å². The Balaban J connectivity index is 1.23. The largest absolute Gasteiger partial charge is 0.481 e. The third-order valence-corrected chi connectivity index (χ3v) is 12.9. The van der Waals surface area contributed by atoms with Gasteiger partial charge in [0.15, 0.2) is 5.71 Å². The summed E-state index contributed by atoms with van der Waals surface area (Å²) in [6.07, 6.45) is 15.7. The normalized spacial score (nSPS) is 16.3. The second kappa shape index (κ2) is 22.6. The first-order valence-electron chi connectivity index (χ1n) is 21.2. The number of hydrogen-bond acceptors (Lipinski definition) is 12. The Bertz CT molecular complexity index is 2520. The number of amides is 1. The summed E-state index contributed by atoms with van der Waals surface area (Å²) in [6.45, 7) is 10.0. The van der Waals surface area contributed by atoms with Gasteiger partial charge in [-0.2, -0.15) is 4.58 Å². The van der Waals surface area contributed by atoms with Crippen LogP contribution in [-0.4, -0.2) is 73.7 Å². The zero-order chi connectivity index (χ0) is 46.6. The maximum absolute atomic E-state index is 12.8. The molecule has 6 rings (SSSR count). The highest BCUT2D eigenvalue weighted by molar-refractivity contribution is 7.94. The molecule has 0 saturated heterocycles. The van der Waals surface area contributed by atoms with Gasteiger partial charge in [0.05, 0.1) is 23.9 Å². The molecule has 0 saturated carbocycles. The van der Waals surface area contributed by atoms with Crippen LogP contribution < -0.4 is 10.2 Å². The van der Waals surface area contributed by atoms with Crippen molar-refractivity contribution in [2.45, 2.75) is 81.6 Å². The van der Waals surface area contributed by atoms with Crippen molar-refractivity contribution in [2.24, 2.45) is 0 Å². The highest BCUT2D eigenvalue weighted by Crippen LogP contribution is 2.49. The molecule has 342 valence electrons. The molecule has 2 heterocycles. The van der Waals surface area contributed by atoms with Crippen molar-refractivity contribution in [3.05, 3.63) is 138 Å². The molecule has 1 unspecified atom stereocenters. The lowest BCUT2D eigenvalue weighted by atomic mass is 9.79. The van der Waals surface area contributed by atoms with Gasteiger partial charge in [0.1, 0.15) is 12.6 Å². The molecule has 0 bridgehead atoms. The number of aliphatic carboxylic acids is 2. The van der Waals surface area contributed by atoms with Crippen molar-refractivity contribution in [3.63, 3.8) is 0 Å². The molecule has 1 amide bonds. The number of unbranched alkanes of at least 4 members (excludes halogenated alkanes) is 1. The van der Waals surface area contributed by atoms with Crippen LogP contribution in [0.3, 0.4) is 0 Å². The highest BCUT2D eigenvalue weighted by atomic mass is 32.2. The number of fused-ring (bicyclic) bond motifs is 4. The number of allylic oxidation sites excluding steroid dienone is 8. The summed E-state index contributed by atoms with van der Waals surface area (Å²) >= 11 is 1.97. The van der Waals surface area contributed by atoms with Gasteiger partial charge in [0.2, 0.25) is 11.6 Å². The third-order valence-electron chi connectivity index (χ3n) is 11.7. The van der Waals surface area contributed by atoms with Crippen LogP contribution >= 0.6 is 24.1 Å². The highest BCUT2D eigenvalue weighted by Gasteiger charge is 2.45. The molecule has 2 aliphatic heterocycles. The predicted octanol–water partition coefficient (Wildman–Crippen LogP) is 10.3. The van der Waals surface area contributed by atoms with Crippen molar-refractivity contribution in [3.8, 4) is 11.1 Å². The number of carboxylic acids is 2. The van der Waals surface area contributed by atoms with Crippen LogP contribution in [0.15, 0.2) is 132 Å². The van der Waals surface area contributed by atoms with E-state index in [1.807, 2.05) is 60.7 Å². The van der Waals surface area contributed by atoms with E-state index in [1.54, 1.807) is 0 Å². The molecule has 2 aliphatic rings. The minimum Gasteiger partial charge on any atom is -0.481 e. The molecule has 0 radical (unpaired) electrons. The summed E-state index contributed by atoms with van der Waals surface area (Å²) in [4.78, 5) is 38.6. The van der Waals surface area contributed by atoms with Crippen LogP contribution in [0.25, 0.3) is 21.9 Å². The van der Waals surface area contributed by atoms with E-state index in [9.17, 15) is 19.5 Å². The molecular formula is C49H54N3O11S2+. The van der Waals surface area contributed by atoms with E-state index >= 15 is 0 Å². The average molecular weight is 925 g/mol. The Morgan fingerprint density at radius 3 is 2.31 bits per heavy atom. The minimum atomic E-state index is -1.50. The summed E-state index contributed by atoms with van der Waals surface area (Å²) in [5.41, 5.74) is 8.05. The number of rotatable bonds is 23. The van der Waals surface area contributed by atoms with Gasteiger partial charge in [-0.3, -0.25) is 9.59 Å². The predicted molar refractivity (Wildman–Crippen MR) is 253 cm³/mol. The van der Waals surface area contributed by atoms with Crippen LogP contribution in [0.1, 0.15) is 70.9 Å². The Labute approximate surface area is 386 Å². The topological polar surface area (TPSA) is 187 Å². The maximum Gasteiger partial charge on any atom is 0.326 e. The lowest BCUT2D eigenvalue weighted by Crippen LogP contribution is -2.42. The molecule has 4 aromatic carbocycles. The smallest absolute Gasteiger partial charge is 0.326 e. The van der Waals surface area contributed by atoms with Crippen molar-refractivity contribution < 1.29 is 58.4 Å².